The van der Waals surface area contributed by atoms with E-state index < -0.39 is 8.32 Å². The molecule has 0 aliphatic carbocycles. The molecule has 1 heterocycles. The van der Waals surface area contributed by atoms with Crippen molar-refractivity contribution in [1.29, 1.82) is 0 Å². The summed E-state index contributed by atoms with van der Waals surface area (Å²) >= 11 is 3.42. The Morgan fingerprint density at radius 2 is 1.91 bits per heavy atom. The van der Waals surface area contributed by atoms with Gasteiger partial charge in [-0.3, -0.25) is 4.79 Å². The van der Waals surface area contributed by atoms with Crippen LogP contribution in [0.15, 0.2) is 28.7 Å². The number of rotatable bonds is 5. The van der Waals surface area contributed by atoms with E-state index in [0.29, 0.717) is 12.3 Å². The van der Waals surface area contributed by atoms with Crippen LogP contribution in [-0.4, -0.2) is 25.6 Å². The van der Waals surface area contributed by atoms with Crippen molar-refractivity contribution < 1.29 is 9.59 Å². The van der Waals surface area contributed by atoms with E-state index in [-0.39, 0.29) is 10.9 Å². The molecule has 22 heavy (non-hydrogen) atoms. The minimum Gasteiger partial charge on any atom is -0.432 e. The summed E-state index contributed by atoms with van der Waals surface area (Å²) < 4.78 is 1.02. The van der Waals surface area contributed by atoms with Crippen LogP contribution in [0.5, 0.6) is 0 Å². The second kappa shape index (κ2) is 6.46. The number of hydrogen-bond acceptors (Lipinski definition) is 2. The van der Waals surface area contributed by atoms with Gasteiger partial charge in [-0.15, -0.1) is 0 Å². The highest BCUT2D eigenvalue weighted by molar-refractivity contribution is 9.10. The standard InChI is InChI=1S/C17H26BrNO2Si/c1-17(2,22(3,4)21)10-9-13-11-16(20)19(12-13)15-7-5-14(18)6-8-15/h5-8,13,21H,9-12H2,1-4H3. The highest BCUT2D eigenvalue weighted by atomic mass is 79.9. The molecule has 1 amide bonds. The topological polar surface area (TPSA) is 40.5 Å². The average Bonchev–Trinajstić information content (AvgIpc) is 2.77. The molecule has 3 nitrogen and oxygen atoms in total. The van der Waals surface area contributed by atoms with E-state index in [1.807, 2.05) is 42.3 Å². The SMILES string of the molecule is CC(C)(CCC1CC(=O)N(c2ccc(Br)cc2)C1)[Si](C)(C)O. The molecule has 1 fully saturated rings. The van der Waals surface area contributed by atoms with Crippen molar-refractivity contribution in [2.24, 2.45) is 5.92 Å². The van der Waals surface area contributed by atoms with E-state index in [1.54, 1.807) is 0 Å². The van der Waals surface area contributed by atoms with Crippen molar-refractivity contribution >= 4 is 35.8 Å². The molecular formula is C17H26BrNO2Si. The van der Waals surface area contributed by atoms with Crippen LogP contribution in [0, 0.1) is 5.92 Å². The van der Waals surface area contributed by atoms with Gasteiger partial charge in [0.05, 0.1) is 0 Å². The summed E-state index contributed by atoms with van der Waals surface area (Å²) in [6.45, 7) is 9.11. The summed E-state index contributed by atoms with van der Waals surface area (Å²) in [5, 5.41) is -0.0128. The van der Waals surface area contributed by atoms with Crippen LogP contribution in [-0.2, 0) is 4.79 Å². The van der Waals surface area contributed by atoms with Gasteiger partial charge in [-0.1, -0.05) is 29.8 Å². The number of carbonyl (C=O) groups excluding carboxylic acids is 1. The van der Waals surface area contributed by atoms with Crippen molar-refractivity contribution in [3.8, 4) is 0 Å². The second-order valence-electron chi connectivity index (χ2n) is 7.53. The highest BCUT2D eigenvalue weighted by Gasteiger charge is 2.39. The maximum Gasteiger partial charge on any atom is 0.227 e. The molecule has 1 aromatic rings. The average molecular weight is 384 g/mol. The van der Waals surface area contributed by atoms with Crippen molar-refractivity contribution in [2.75, 3.05) is 11.4 Å². The summed E-state index contributed by atoms with van der Waals surface area (Å²) in [6, 6.07) is 7.91. The van der Waals surface area contributed by atoms with Gasteiger partial charge < -0.3 is 9.70 Å². The number of halogens is 1. The number of nitrogens with zero attached hydrogens (tertiary/aromatic N) is 1. The zero-order chi connectivity index (χ0) is 16.5. The zero-order valence-corrected chi connectivity index (χ0v) is 16.5. The molecule has 0 spiro atoms. The van der Waals surface area contributed by atoms with Gasteiger partial charge in [-0.25, -0.2) is 0 Å². The van der Waals surface area contributed by atoms with Crippen LogP contribution in [0.3, 0.4) is 0 Å². The monoisotopic (exact) mass is 383 g/mol. The summed E-state index contributed by atoms with van der Waals surface area (Å²) in [6.07, 6.45) is 2.61. The van der Waals surface area contributed by atoms with Gasteiger partial charge in [-0.2, -0.15) is 0 Å². The van der Waals surface area contributed by atoms with E-state index in [4.69, 9.17) is 0 Å². The van der Waals surface area contributed by atoms with Crippen molar-refractivity contribution in [2.45, 2.75) is 51.2 Å². The lowest BCUT2D eigenvalue weighted by Gasteiger charge is -2.35. The Labute approximate surface area is 143 Å². The number of benzene rings is 1. The first-order valence-corrected chi connectivity index (χ1v) is 11.6. The maximum atomic E-state index is 12.3. The maximum absolute atomic E-state index is 12.3. The van der Waals surface area contributed by atoms with E-state index in [2.05, 4.69) is 29.8 Å². The molecule has 1 saturated heterocycles. The molecule has 0 radical (unpaired) electrons. The number of anilines is 1. The van der Waals surface area contributed by atoms with Crippen molar-refractivity contribution in [3.63, 3.8) is 0 Å². The molecule has 0 bridgehead atoms. The number of hydrogen-bond donors (Lipinski definition) is 1. The Balaban J connectivity index is 1.97. The van der Waals surface area contributed by atoms with Gasteiger partial charge in [0.25, 0.3) is 0 Å². The van der Waals surface area contributed by atoms with Crippen LogP contribution in [0.2, 0.25) is 18.1 Å². The summed E-state index contributed by atoms with van der Waals surface area (Å²) in [4.78, 5) is 24.5. The fourth-order valence-electron chi connectivity index (χ4n) is 2.72. The Morgan fingerprint density at radius 1 is 1.32 bits per heavy atom. The van der Waals surface area contributed by atoms with Crippen molar-refractivity contribution in [3.05, 3.63) is 28.7 Å². The third kappa shape index (κ3) is 4.00. The van der Waals surface area contributed by atoms with Gasteiger partial charge in [0.15, 0.2) is 8.32 Å². The minimum atomic E-state index is -2.16. The van der Waals surface area contributed by atoms with Crippen LogP contribution >= 0.6 is 15.9 Å². The second-order valence-corrected chi connectivity index (χ2v) is 12.9. The summed E-state index contributed by atoms with van der Waals surface area (Å²) in [5.41, 5.74) is 0.979. The number of carbonyl (C=O) groups is 1. The third-order valence-electron chi connectivity index (χ3n) is 5.18. The van der Waals surface area contributed by atoms with E-state index in [0.717, 1.165) is 29.5 Å². The highest BCUT2D eigenvalue weighted by Crippen LogP contribution is 2.42. The molecule has 1 aliphatic rings. The van der Waals surface area contributed by atoms with Gasteiger partial charge in [0, 0.05) is 23.1 Å². The Hall–Kier alpha value is -0.653. The largest absolute Gasteiger partial charge is 0.432 e. The first-order valence-electron chi connectivity index (χ1n) is 7.88. The molecule has 1 aromatic carbocycles. The predicted molar refractivity (Wildman–Crippen MR) is 97.6 cm³/mol. The number of amides is 1. The fourth-order valence-corrected chi connectivity index (χ4v) is 3.74. The van der Waals surface area contributed by atoms with Gasteiger partial charge in [0.2, 0.25) is 5.91 Å². The predicted octanol–water partition coefficient (Wildman–Crippen LogP) is 4.56. The van der Waals surface area contributed by atoms with Crippen LogP contribution in [0.4, 0.5) is 5.69 Å². The molecule has 0 saturated carbocycles. The van der Waals surface area contributed by atoms with Crippen LogP contribution in [0.25, 0.3) is 0 Å². The molecule has 0 aromatic heterocycles. The molecule has 1 N–H and O–H groups in total. The quantitative estimate of drug-likeness (QED) is 0.756. The van der Waals surface area contributed by atoms with Gasteiger partial charge in [0.1, 0.15) is 0 Å². The zero-order valence-electron chi connectivity index (χ0n) is 13.9. The minimum absolute atomic E-state index is 0.0128. The summed E-state index contributed by atoms with van der Waals surface area (Å²) in [7, 11) is -2.16. The first kappa shape index (κ1) is 17.7. The molecule has 122 valence electrons. The van der Waals surface area contributed by atoms with Crippen LogP contribution < -0.4 is 4.90 Å². The van der Waals surface area contributed by atoms with Crippen molar-refractivity contribution in [1.82, 2.24) is 0 Å². The third-order valence-corrected chi connectivity index (χ3v) is 9.27. The molecular weight excluding hydrogens is 358 g/mol. The smallest absolute Gasteiger partial charge is 0.227 e. The Kier molecular flexibility index (Phi) is 5.19. The first-order chi connectivity index (χ1) is 10.1. The fraction of sp³-hybridized carbons (Fsp3) is 0.588. The molecule has 2 rings (SSSR count). The molecule has 5 heteroatoms. The molecule has 1 atom stereocenters. The van der Waals surface area contributed by atoms with E-state index in [1.165, 1.54) is 0 Å². The Morgan fingerprint density at radius 3 is 2.45 bits per heavy atom. The van der Waals surface area contributed by atoms with Gasteiger partial charge in [-0.05, 0) is 61.2 Å². The lowest BCUT2D eigenvalue weighted by molar-refractivity contribution is -0.117. The lowest BCUT2D eigenvalue weighted by atomic mass is 9.96. The van der Waals surface area contributed by atoms with Gasteiger partial charge >= 0.3 is 0 Å². The summed E-state index contributed by atoms with van der Waals surface area (Å²) in [5.74, 6) is 0.609. The molecule has 1 aliphatic heterocycles. The van der Waals surface area contributed by atoms with Crippen LogP contribution in [0.1, 0.15) is 33.1 Å². The van der Waals surface area contributed by atoms with E-state index >= 15 is 0 Å². The Bertz CT molecular complexity index is 537. The normalized spacial score (nSPS) is 19.8. The van der Waals surface area contributed by atoms with E-state index in [9.17, 15) is 9.59 Å². The lowest BCUT2D eigenvalue weighted by Crippen LogP contribution is -2.39. The molecule has 1 unspecified atom stereocenters.